The molecule has 21 heavy (non-hydrogen) atoms. The SMILES string of the molecule is CC(Nc1cccc(-c2cnco2)c1)C1CC2C=CC1C2. The van der Waals surface area contributed by atoms with Gasteiger partial charge in [-0.1, -0.05) is 24.3 Å². The van der Waals surface area contributed by atoms with Crippen LogP contribution in [0.3, 0.4) is 0 Å². The Morgan fingerprint density at radius 3 is 2.95 bits per heavy atom. The van der Waals surface area contributed by atoms with Crippen molar-refractivity contribution in [2.45, 2.75) is 25.8 Å². The molecule has 2 aromatic rings. The molecule has 2 aliphatic rings. The van der Waals surface area contributed by atoms with Gasteiger partial charge in [-0.25, -0.2) is 4.98 Å². The molecule has 3 heteroatoms. The van der Waals surface area contributed by atoms with E-state index in [1.807, 2.05) is 0 Å². The fraction of sp³-hybridized carbons (Fsp3) is 0.389. The minimum atomic E-state index is 0.495. The second kappa shape index (κ2) is 5.06. The fourth-order valence-electron chi connectivity index (χ4n) is 3.89. The second-order valence-electron chi connectivity index (χ2n) is 6.32. The predicted molar refractivity (Wildman–Crippen MR) is 83.9 cm³/mol. The van der Waals surface area contributed by atoms with Gasteiger partial charge in [0.1, 0.15) is 0 Å². The molecule has 0 saturated heterocycles. The lowest BCUT2D eigenvalue weighted by atomic mass is 9.87. The molecular weight excluding hydrogens is 260 g/mol. The summed E-state index contributed by atoms with van der Waals surface area (Å²) >= 11 is 0. The lowest BCUT2D eigenvalue weighted by Gasteiger charge is -2.27. The van der Waals surface area contributed by atoms with Gasteiger partial charge in [0, 0.05) is 17.3 Å². The smallest absolute Gasteiger partial charge is 0.181 e. The predicted octanol–water partition coefficient (Wildman–Crippen LogP) is 4.35. The Morgan fingerprint density at radius 1 is 1.29 bits per heavy atom. The van der Waals surface area contributed by atoms with Crippen molar-refractivity contribution in [2.75, 3.05) is 5.32 Å². The molecule has 3 nitrogen and oxygen atoms in total. The van der Waals surface area contributed by atoms with Crippen LogP contribution in [0.2, 0.25) is 0 Å². The summed E-state index contributed by atoms with van der Waals surface area (Å²) in [6.07, 6.45) is 10.7. The zero-order valence-corrected chi connectivity index (χ0v) is 12.2. The van der Waals surface area contributed by atoms with Gasteiger partial charge in [-0.05, 0) is 49.7 Å². The molecule has 1 aromatic heterocycles. The molecule has 0 amide bonds. The number of oxazole rings is 1. The van der Waals surface area contributed by atoms with E-state index in [1.165, 1.54) is 19.2 Å². The summed E-state index contributed by atoms with van der Waals surface area (Å²) in [5.74, 6) is 3.17. The third kappa shape index (κ3) is 2.37. The first kappa shape index (κ1) is 12.7. The first-order chi connectivity index (χ1) is 10.3. The van der Waals surface area contributed by atoms with Gasteiger partial charge >= 0.3 is 0 Å². The normalized spacial score (nSPS) is 28.0. The number of nitrogens with one attached hydrogen (secondary N) is 1. The standard InChI is InChI=1S/C18H20N2O/c1-12(17-8-13-5-6-14(17)7-13)20-16-4-2-3-15(9-16)18-10-19-11-21-18/h2-6,9-14,17,20H,7-8H2,1H3. The first-order valence-electron chi connectivity index (χ1n) is 7.73. The summed E-state index contributed by atoms with van der Waals surface area (Å²) in [5.41, 5.74) is 2.22. The van der Waals surface area contributed by atoms with Crippen LogP contribution in [0, 0.1) is 17.8 Å². The highest BCUT2D eigenvalue weighted by Crippen LogP contribution is 2.45. The van der Waals surface area contributed by atoms with Crippen molar-refractivity contribution in [1.82, 2.24) is 4.98 Å². The van der Waals surface area contributed by atoms with Crippen LogP contribution in [0.1, 0.15) is 19.8 Å². The minimum absolute atomic E-state index is 0.495. The van der Waals surface area contributed by atoms with Crippen LogP contribution in [-0.4, -0.2) is 11.0 Å². The molecule has 0 radical (unpaired) electrons. The van der Waals surface area contributed by atoms with Crippen LogP contribution in [0.4, 0.5) is 5.69 Å². The van der Waals surface area contributed by atoms with E-state index in [0.717, 1.165) is 34.8 Å². The maximum atomic E-state index is 5.37. The lowest BCUT2D eigenvalue weighted by molar-refractivity contribution is 0.400. The van der Waals surface area contributed by atoms with Gasteiger partial charge in [-0.2, -0.15) is 0 Å². The highest BCUT2D eigenvalue weighted by atomic mass is 16.3. The number of hydrogen-bond acceptors (Lipinski definition) is 3. The Kier molecular flexibility index (Phi) is 3.06. The zero-order valence-electron chi connectivity index (χ0n) is 12.2. The Balaban J connectivity index is 1.49. The first-order valence-corrected chi connectivity index (χ1v) is 7.73. The zero-order chi connectivity index (χ0) is 14.2. The molecule has 2 aliphatic carbocycles. The van der Waals surface area contributed by atoms with Gasteiger partial charge in [-0.3, -0.25) is 0 Å². The van der Waals surface area contributed by atoms with E-state index in [2.05, 4.69) is 53.6 Å². The largest absolute Gasteiger partial charge is 0.444 e. The van der Waals surface area contributed by atoms with Gasteiger partial charge in [0.05, 0.1) is 6.20 Å². The molecule has 1 N–H and O–H groups in total. The maximum Gasteiger partial charge on any atom is 0.181 e. The number of hydrogen-bond donors (Lipinski definition) is 1. The summed E-state index contributed by atoms with van der Waals surface area (Å²) < 4.78 is 5.37. The molecule has 1 heterocycles. The van der Waals surface area contributed by atoms with Crippen molar-refractivity contribution in [1.29, 1.82) is 0 Å². The number of fused-ring (bicyclic) bond motifs is 2. The minimum Gasteiger partial charge on any atom is -0.444 e. The Morgan fingerprint density at radius 2 is 2.24 bits per heavy atom. The topological polar surface area (TPSA) is 38.1 Å². The molecular formula is C18H20N2O. The fourth-order valence-corrected chi connectivity index (χ4v) is 3.89. The highest BCUT2D eigenvalue weighted by Gasteiger charge is 2.38. The van der Waals surface area contributed by atoms with E-state index >= 15 is 0 Å². The van der Waals surface area contributed by atoms with Crippen LogP contribution < -0.4 is 5.32 Å². The summed E-state index contributed by atoms with van der Waals surface area (Å²) in [6.45, 7) is 2.31. The number of allylic oxidation sites excluding steroid dienone is 2. The van der Waals surface area contributed by atoms with Gasteiger partial charge in [0.2, 0.25) is 0 Å². The number of benzene rings is 1. The van der Waals surface area contributed by atoms with Gasteiger partial charge in [0.15, 0.2) is 12.2 Å². The van der Waals surface area contributed by atoms with Crippen LogP contribution in [0.5, 0.6) is 0 Å². The number of anilines is 1. The average molecular weight is 280 g/mol. The van der Waals surface area contributed by atoms with Crippen molar-refractivity contribution in [3.05, 3.63) is 49.0 Å². The van der Waals surface area contributed by atoms with E-state index < -0.39 is 0 Å². The average Bonchev–Trinajstić information content (AvgIpc) is 3.24. The van der Waals surface area contributed by atoms with Gasteiger partial charge in [-0.15, -0.1) is 0 Å². The molecule has 1 saturated carbocycles. The van der Waals surface area contributed by atoms with E-state index in [9.17, 15) is 0 Å². The van der Waals surface area contributed by atoms with E-state index in [0.29, 0.717) is 6.04 Å². The summed E-state index contributed by atoms with van der Waals surface area (Å²) in [7, 11) is 0. The van der Waals surface area contributed by atoms with E-state index in [-0.39, 0.29) is 0 Å². The molecule has 108 valence electrons. The summed E-state index contributed by atoms with van der Waals surface area (Å²) in [5, 5.41) is 3.68. The third-order valence-corrected chi connectivity index (χ3v) is 4.95. The molecule has 1 aromatic carbocycles. The molecule has 4 atom stereocenters. The van der Waals surface area contributed by atoms with Crippen LogP contribution >= 0.6 is 0 Å². The molecule has 1 fully saturated rings. The van der Waals surface area contributed by atoms with Crippen molar-refractivity contribution in [3.8, 4) is 11.3 Å². The van der Waals surface area contributed by atoms with Crippen molar-refractivity contribution < 1.29 is 4.42 Å². The second-order valence-corrected chi connectivity index (χ2v) is 6.32. The molecule has 4 unspecified atom stereocenters. The van der Waals surface area contributed by atoms with Crippen molar-refractivity contribution in [2.24, 2.45) is 17.8 Å². The molecule has 0 aliphatic heterocycles. The van der Waals surface area contributed by atoms with Crippen molar-refractivity contribution in [3.63, 3.8) is 0 Å². The quantitative estimate of drug-likeness (QED) is 0.846. The number of nitrogens with zero attached hydrogens (tertiary/aromatic N) is 1. The Bertz CT molecular complexity index is 647. The number of aromatic nitrogens is 1. The lowest BCUT2D eigenvalue weighted by Crippen LogP contribution is -2.28. The van der Waals surface area contributed by atoms with E-state index in [1.54, 1.807) is 6.20 Å². The molecule has 0 spiro atoms. The summed E-state index contributed by atoms with van der Waals surface area (Å²) in [6, 6.07) is 8.87. The molecule has 2 bridgehead atoms. The summed E-state index contributed by atoms with van der Waals surface area (Å²) in [4.78, 5) is 3.98. The van der Waals surface area contributed by atoms with Crippen LogP contribution in [0.15, 0.2) is 53.4 Å². The third-order valence-electron chi connectivity index (χ3n) is 4.95. The van der Waals surface area contributed by atoms with Crippen LogP contribution in [-0.2, 0) is 0 Å². The Hall–Kier alpha value is -2.03. The Labute approximate surface area is 125 Å². The maximum absolute atomic E-state index is 5.37. The van der Waals surface area contributed by atoms with E-state index in [4.69, 9.17) is 4.42 Å². The highest BCUT2D eigenvalue weighted by molar-refractivity contribution is 5.63. The van der Waals surface area contributed by atoms with Gasteiger partial charge < -0.3 is 9.73 Å². The monoisotopic (exact) mass is 280 g/mol. The van der Waals surface area contributed by atoms with Crippen LogP contribution in [0.25, 0.3) is 11.3 Å². The number of rotatable bonds is 4. The van der Waals surface area contributed by atoms with Gasteiger partial charge in [0.25, 0.3) is 0 Å². The van der Waals surface area contributed by atoms with Crippen molar-refractivity contribution >= 4 is 5.69 Å². The molecule has 4 rings (SSSR count).